The highest BCUT2D eigenvalue weighted by Gasteiger charge is 2.25. The molecule has 0 bridgehead atoms. The Morgan fingerprint density at radius 3 is 2.54 bits per heavy atom. The van der Waals surface area contributed by atoms with E-state index in [0.29, 0.717) is 16.5 Å². The maximum Gasteiger partial charge on any atom is 0.150 e. The Morgan fingerprint density at radius 2 is 2.08 bits per heavy atom. The van der Waals surface area contributed by atoms with Crippen molar-refractivity contribution in [3.63, 3.8) is 0 Å². The zero-order chi connectivity index (χ0) is 9.90. The first-order valence-electron chi connectivity index (χ1n) is 4.89. The van der Waals surface area contributed by atoms with Crippen LogP contribution >= 0.6 is 15.9 Å². The van der Waals surface area contributed by atoms with Crippen molar-refractivity contribution in [3.8, 4) is 0 Å². The molecule has 2 nitrogen and oxygen atoms in total. The van der Waals surface area contributed by atoms with Crippen molar-refractivity contribution < 1.29 is 8.42 Å². The molecule has 0 saturated heterocycles. The first-order valence-corrected chi connectivity index (χ1v) is 7.63. The van der Waals surface area contributed by atoms with Gasteiger partial charge in [-0.2, -0.15) is 0 Å². The van der Waals surface area contributed by atoms with E-state index in [2.05, 4.69) is 15.9 Å². The normalized spacial score (nSPS) is 29.4. The SMILES string of the molecule is CCS(=O)(=O)CCC1CCCC1Br. The molecule has 0 spiro atoms. The number of sulfone groups is 1. The average Bonchev–Trinajstić information content (AvgIpc) is 2.48. The zero-order valence-electron chi connectivity index (χ0n) is 8.00. The molecular formula is C9H17BrO2S. The van der Waals surface area contributed by atoms with Gasteiger partial charge in [0.2, 0.25) is 0 Å². The smallest absolute Gasteiger partial charge is 0.150 e. The van der Waals surface area contributed by atoms with E-state index in [0.717, 1.165) is 6.42 Å². The molecule has 1 saturated carbocycles. The maximum absolute atomic E-state index is 11.2. The molecule has 0 aliphatic heterocycles. The van der Waals surface area contributed by atoms with Gasteiger partial charge in [0.25, 0.3) is 0 Å². The quantitative estimate of drug-likeness (QED) is 0.734. The molecule has 0 amide bonds. The first kappa shape index (κ1) is 11.5. The third-order valence-corrected chi connectivity index (χ3v) is 5.75. The Labute approximate surface area is 89.1 Å². The van der Waals surface area contributed by atoms with Gasteiger partial charge in [-0.05, 0) is 25.2 Å². The summed E-state index contributed by atoms with van der Waals surface area (Å²) in [6.45, 7) is 1.72. The fourth-order valence-corrected chi connectivity index (χ4v) is 3.59. The topological polar surface area (TPSA) is 34.1 Å². The number of halogens is 1. The monoisotopic (exact) mass is 268 g/mol. The minimum atomic E-state index is -2.75. The number of hydrogen-bond donors (Lipinski definition) is 0. The van der Waals surface area contributed by atoms with Crippen molar-refractivity contribution in [2.24, 2.45) is 5.92 Å². The summed E-state index contributed by atoms with van der Waals surface area (Å²) in [7, 11) is -2.75. The molecule has 2 unspecified atom stereocenters. The molecule has 1 aliphatic rings. The summed E-state index contributed by atoms with van der Waals surface area (Å²) < 4.78 is 22.5. The fraction of sp³-hybridized carbons (Fsp3) is 1.00. The zero-order valence-corrected chi connectivity index (χ0v) is 10.4. The molecule has 4 heteroatoms. The largest absolute Gasteiger partial charge is 0.229 e. The van der Waals surface area contributed by atoms with Gasteiger partial charge in [-0.1, -0.05) is 29.3 Å². The molecule has 1 rings (SSSR count). The summed E-state index contributed by atoms with van der Waals surface area (Å²) in [5.41, 5.74) is 0. The first-order chi connectivity index (χ1) is 6.05. The summed E-state index contributed by atoms with van der Waals surface area (Å²) in [5.74, 6) is 1.24. The van der Waals surface area contributed by atoms with Gasteiger partial charge in [0, 0.05) is 10.6 Å². The molecule has 1 aliphatic carbocycles. The molecule has 0 heterocycles. The van der Waals surface area contributed by atoms with Crippen LogP contribution in [0.25, 0.3) is 0 Å². The maximum atomic E-state index is 11.2. The van der Waals surface area contributed by atoms with E-state index in [4.69, 9.17) is 0 Å². The van der Waals surface area contributed by atoms with E-state index in [1.54, 1.807) is 6.92 Å². The Hall–Kier alpha value is 0.430. The van der Waals surface area contributed by atoms with Crippen LogP contribution < -0.4 is 0 Å². The third-order valence-electron chi connectivity index (χ3n) is 2.81. The number of alkyl halides is 1. The standard InChI is InChI=1S/C9H17BrO2S/c1-2-13(11,12)7-6-8-4-3-5-9(8)10/h8-9H,2-7H2,1H3. The van der Waals surface area contributed by atoms with E-state index >= 15 is 0 Å². The van der Waals surface area contributed by atoms with Crippen LogP contribution in [-0.2, 0) is 9.84 Å². The van der Waals surface area contributed by atoms with Crippen molar-refractivity contribution in [3.05, 3.63) is 0 Å². The van der Waals surface area contributed by atoms with Crippen LogP contribution in [0.2, 0.25) is 0 Å². The number of hydrogen-bond acceptors (Lipinski definition) is 2. The molecular weight excluding hydrogens is 252 g/mol. The molecule has 0 aromatic carbocycles. The summed E-state index contributed by atoms with van der Waals surface area (Å²) in [6.07, 6.45) is 4.48. The lowest BCUT2D eigenvalue weighted by molar-refractivity contribution is 0.534. The van der Waals surface area contributed by atoms with Crippen molar-refractivity contribution in [2.75, 3.05) is 11.5 Å². The summed E-state index contributed by atoms with van der Waals surface area (Å²) in [6, 6.07) is 0. The fourth-order valence-electron chi connectivity index (χ4n) is 1.79. The molecule has 0 radical (unpaired) electrons. The minimum absolute atomic E-state index is 0.284. The van der Waals surface area contributed by atoms with Crippen LogP contribution in [-0.4, -0.2) is 24.8 Å². The van der Waals surface area contributed by atoms with Crippen LogP contribution in [0.3, 0.4) is 0 Å². The summed E-state index contributed by atoms with van der Waals surface area (Å²) in [4.78, 5) is 0.555. The lowest BCUT2D eigenvalue weighted by atomic mass is 10.1. The van der Waals surface area contributed by atoms with E-state index in [9.17, 15) is 8.42 Å². The van der Waals surface area contributed by atoms with Gasteiger partial charge in [0.05, 0.1) is 5.75 Å². The molecule has 13 heavy (non-hydrogen) atoms. The second-order valence-electron chi connectivity index (χ2n) is 3.73. The van der Waals surface area contributed by atoms with Gasteiger partial charge < -0.3 is 0 Å². The van der Waals surface area contributed by atoms with Crippen molar-refractivity contribution in [1.29, 1.82) is 0 Å². The van der Waals surface area contributed by atoms with Crippen molar-refractivity contribution >= 4 is 25.8 Å². The molecule has 0 N–H and O–H groups in total. The lowest BCUT2D eigenvalue weighted by Gasteiger charge is -2.12. The third kappa shape index (κ3) is 3.58. The van der Waals surface area contributed by atoms with Crippen LogP contribution in [0, 0.1) is 5.92 Å². The Morgan fingerprint density at radius 1 is 1.38 bits per heavy atom. The van der Waals surface area contributed by atoms with Crippen LogP contribution in [0.1, 0.15) is 32.6 Å². The predicted octanol–water partition coefficient (Wildman–Crippen LogP) is 2.37. The van der Waals surface area contributed by atoms with Crippen molar-refractivity contribution in [1.82, 2.24) is 0 Å². The van der Waals surface area contributed by atoms with Gasteiger partial charge >= 0.3 is 0 Å². The van der Waals surface area contributed by atoms with Gasteiger partial charge in [-0.25, -0.2) is 8.42 Å². The van der Waals surface area contributed by atoms with E-state index in [1.807, 2.05) is 0 Å². The van der Waals surface area contributed by atoms with Gasteiger partial charge in [-0.3, -0.25) is 0 Å². The Balaban J connectivity index is 2.34. The Bertz CT molecular complexity index is 248. The second kappa shape index (κ2) is 4.78. The Kier molecular flexibility index (Phi) is 4.23. The lowest BCUT2D eigenvalue weighted by Crippen LogP contribution is -2.15. The van der Waals surface area contributed by atoms with E-state index in [1.165, 1.54) is 19.3 Å². The van der Waals surface area contributed by atoms with Gasteiger partial charge in [0.15, 0.2) is 0 Å². The molecule has 78 valence electrons. The molecule has 2 atom stereocenters. The van der Waals surface area contributed by atoms with Crippen molar-refractivity contribution in [2.45, 2.75) is 37.4 Å². The molecule has 0 aromatic heterocycles. The molecule has 1 fully saturated rings. The van der Waals surface area contributed by atoms with Crippen LogP contribution in [0.15, 0.2) is 0 Å². The van der Waals surface area contributed by atoms with E-state index < -0.39 is 9.84 Å². The van der Waals surface area contributed by atoms with Crippen LogP contribution in [0.5, 0.6) is 0 Å². The van der Waals surface area contributed by atoms with Crippen LogP contribution in [0.4, 0.5) is 0 Å². The second-order valence-corrected chi connectivity index (χ2v) is 7.38. The molecule has 0 aromatic rings. The average molecular weight is 269 g/mol. The van der Waals surface area contributed by atoms with E-state index in [-0.39, 0.29) is 5.75 Å². The summed E-state index contributed by atoms with van der Waals surface area (Å²) >= 11 is 3.60. The van der Waals surface area contributed by atoms with Gasteiger partial charge in [0.1, 0.15) is 9.84 Å². The van der Waals surface area contributed by atoms with Gasteiger partial charge in [-0.15, -0.1) is 0 Å². The summed E-state index contributed by atoms with van der Waals surface area (Å²) in [5, 5.41) is 0. The minimum Gasteiger partial charge on any atom is -0.229 e. The highest BCUT2D eigenvalue weighted by Crippen LogP contribution is 2.33. The highest BCUT2D eigenvalue weighted by atomic mass is 79.9. The number of rotatable bonds is 4. The predicted molar refractivity (Wildman–Crippen MR) is 59.0 cm³/mol. The highest BCUT2D eigenvalue weighted by molar-refractivity contribution is 9.09.